The van der Waals surface area contributed by atoms with E-state index in [-0.39, 0.29) is 11.4 Å². The van der Waals surface area contributed by atoms with Crippen LogP contribution in [0.15, 0.2) is 28.5 Å². The Kier molecular flexibility index (Phi) is 3.83. The number of nitro benzene ring substituents is 1. The average Bonchev–Trinajstić information content (AvgIpc) is 2.38. The number of morpholine rings is 1. The van der Waals surface area contributed by atoms with Gasteiger partial charge in [-0.3, -0.25) is 15.1 Å². The van der Waals surface area contributed by atoms with Gasteiger partial charge in [0.25, 0.3) is 5.69 Å². The van der Waals surface area contributed by atoms with Crippen LogP contribution in [0.25, 0.3) is 0 Å². The van der Waals surface area contributed by atoms with Crippen LogP contribution in [0.3, 0.4) is 0 Å². The Balaban J connectivity index is 2.17. The smallest absolute Gasteiger partial charge is 0.297 e. The van der Waals surface area contributed by atoms with Crippen LogP contribution < -0.4 is 0 Å². The highest BCUT2D eigenvalue weighted by Gasteiger charge is 2.14. The molecule has 0 bridgehead atoms. The van der Waals surface area contributed by atoms with Gasteiger partial charge >= 0.3 is 0 Å². The van der Waals surface area contributed by atoms with E-state index in [0.717, 1.165) is 5.56 Å². The largest absolute Gasteiger partial charge is 0.378 e. The van der Waals surface area contributed by atoms with Gasteiger partial charge in [0.05, 0.1) is 31.2 Å². The summed E-state index contributed by atoms with van der Waals surface area (Å²) in [4.78, 5) is 10.5. The summed E-state index contributed by atoms with van der Waals surface area (Å²) < 4.78 is 5.18. The molecule has 7 nitrogen and oxygen atoms in total. The standard InChI is InChI=1S/C11H14N4O3/c1-9-2-3-10(11(8-9)15(16)17)12-13-14-4-6-18-7-5-14/h2-3,8H,4-7H2,1H3. The molecule has 1 heterocycles. The SMILES string of the molecule is Cc1ccc(N=NN2CCOCC2)c([N+](=O)[O-])c1. The summed E-state index contributed by atoms with van der Waals surface area (Å²) in [5.74, 6) is 0. The van der Waals surface area contributed by atoms with Crippen LogP contribution >= 0.6 is 0 Å². The molecule has 0 N–H and O–H groups in total. The lowest BCUT2D eigenvalue weighted by atomic mass is 10.2. The van der Waals surface area contributed by atoms with Gasteiger partial charge < -0.3 is 4.74 Å². The molecule has 2 rings (SSSR count). The van der Waals surface area contributed by atoms with Crippen molar-refractivity contribution in [3.8, 4) is 0 Å². The van der Waals surface area contributed by atoms with E-state index < -0.39 is 4.92 Å². The molecular formula is C11H14N4O3. The van der Waals surface area contributed by atoms with Crippen LogP contribution in [0.5, 0.6) is 0 Å². The number of nitrogens with zero attached hydrogens (tertiary/aromatic N) is 4. The Hall–Kier alpha value is -2.02. The third kappa shape index (κ3) is 3.01. The second-order valence-electron chi connectivity index (χ2n) is 4.00. The average molecular weight is 250 g/mol. The molecule has 7 heteroatoms. The van der Waals surface area contributed by atoms with Gasteiger partial charge in [-0.2, -0.15) is 0 Å². The molecular weight excluding hydrogens is 236 g/mol. The number of ether oxygens (including phenoxy) is 1. The molecule has 0 atom stereocenters. The lowest BCUT2D eigenvalue weighted by molar-refractivity contribution is -0.384. The fraction of sp³-hybridized carbons (Fsp3) is 0.455. The molecule has 1 aliphatic heterocycles. The van der Waals surface area contributed by atoms with E-state index in [0.29, 0.717) is 26.3 Å². The summed E-state index contributed by atoms with van der Waals surface area (Å²) in [6.07, 6.45) is 0. The first-order valence-corrected chi connectivity index (χ1v) is 5.66. The molecule has 96 valence electrons. The van der Waals surface area contributed by atoms with Crippen molar-refractivity contribution >= 4 is 11.4 Å². The Bertz CT molecular complexity index is 469. The lowest BCUT2D eigenvalue weighted by Crippen LogP contribution is -2.31. The van der Waals surface area contributed by atoms with Crippen molar-refractivity contribution in [2.75, 3.05) is 26.3 Å². The Morgan fingerprint density at radius 3 is 2.78 bits per heavy atom. The fourth-order valence-electron chi connectivity index (χ4n) is 1.62. The van der Waals surface area contributed by atoms with Crippen LogP contribution in [0.1, 0.15) is 5.56 Å². The minimum atomic E-state index is -0.444. The Morgan fingerprint density at radius 2 is 2.11 bits per heavy atom. The van der Waals surface area contributed by atoms with Gasteiger partial charge in [0.1, 0.15) is 0 Å². The minimum absolute atomic E-state index is 0.0213. The van der Waals surface area contributed by atoms with Crippen molar-refractivity contribution in [2.45, 2.75) is 6.92 Å². The summed E-state index contributed by atoms with van der Waals surface area (Å²) in [6, 6.07) is 4.88. The molecule has 18 heavy (non-hydrogen) atoms. The minimum Gasteiger partial charge on any atom is -0.378 e. The van der Waals surface area contributed by atoms with E-state index >= 15 is 0 Å². The first kappa shape index (κ1) is 12.4. The summed E-state index contributed by atoms with van der Waals surface area (Å²) in [5, 5.41) is 20.6. The summed E-state index contributed by atoms with van der Waals surface area (Å²) in [7, 11) is 0. The number of hydrogen-bond donors (Lipinski definition) is 0. The van der Waals surface area contributed by atoms with E-state index in [2.05, 4.69) is 10.3 Å². The van der Waals surface area contributed by atoms with Crippen molar-refractivity contribution in [3.63, 3.8) is 0 Å². The third-order valence-corrected chi connectivity index (χ3v) is 2.59. The Morgan fingerprint density at radius 1 is 1.39 bits per heavy atom. The summed E-state index contributed by atoms with van der Waals surface area (Å²) in [6.45, 7) is 4.33. The third-order valence-electron chi connectivity index (χ3n) is 2.59. The van der Waals surface area contributed by atoms with Crippen molar-refractivity contribution in [1.82, 2.24) is 5.01 Å². The van der Waals surface area contributed by atoms with Crippen LogP contribution in [-0.2, 0) is 4.74 Å². The molecule has 0 amide bonds. The van der Waals surface area contributed by atoms with Crippen molar-refractivity contribution in [1.29, 1.82) is 0 Å². The molecule has 1 aromatic rings. The highest BCUT2D eigenvalue weighted by atomic mass is 16.6. The lowest BCUT2D eigenvalue weighted by Gasteiger charge is -2.22. The maximum atomic E-state index is 10.9. The predicted molar refractivity (Wildman–Crippen MR) is 64.7 cm³/mol. The number of aryl methyl sites for hydroxylation is 1. The molecule has 0 saturated carbocycles. The number of benzene rings is 1. The van der Waals surface area contributed by atoms with Crippen molar-refractivity contribution in [3.05, 3.63) is 33.9 Å². The van der Waals surface area contributed by atoms with Gasteiger partial charge in [0, 0.05) is 6.07 Å². The van der Waals surface area contributed by atoms with Crippen LogP contribution in [0, 0.1) is 17.0 Å². The summed E-state index contributed by atoms with van der Waals surface area (Å²) >= 11 is 0. The van der Waals surface area contributed by atoms with Crippen molar-refractivity contribution in [2.24, 2.45) is 10.3 Å². The molecule has 0 aromatic heterocycles. The van der Waals surface area contributed by atoms with E-state index in [1.54, 1.807) is 24.1 Å². The second kappa shape index (κ2) is 5.54. The normalized spacial score (nSPS) is 16.2. The monoisotopic (exact) mass is 250 g/mol. The number of hydrogen-bond acceptors (Lipinski definition) is 5. The molecule has 0 aliphatic carbocycles. The topological polar surface area (TPSA) is 80.3 Å². The zero-order valence-electron chi connectivity index (χ0n) is 10.1. The highest BCUT2D eigenvalue weighted by Crippen LogP contribution is 2.28. The van der Waals surface area contributed by atoms with Gasteiger partial charge in [-0.05, 0) is 18.6 Å². The quantitative estimate of drug-likeness (QED) is 0.468. The van der Waals surface area contributed by atoms with E-state index in [1.165, 1.54) is 6.07 Å². The van der Waals surface area contributed by atoms with Gasteiger partial charge in [-0.15, -0.1) is 5.11 Å². The highest BCUT2D eigenvalue weighted by molar-refractivity contribution is 5.57. The van der Waals surface area contributed by atoms with E-state index in [1.807, 2.05) is 0 Å². The Labute approximate surface area is 104 Å². The molecule has 1 aliphatic rings. The molecule has 1 fully saturated rings. The van der Waals surface area contributed by atoms with Gasteiger partial charge in [0.2, 0.25) is 0 Å². The van der Waals surface area contributed by atoms with Crippen LogP contribution in [0.2, 0.25) is 0 Å². The van der Waals surface area contributed by atoms with Crippen molar-refractivity contribution < 1.29 is 9.66 Å². The molecule has 0 spiro atoms. The number of nitro groups is 1. The molecule has 1 aromatic carbocycles. The molecule has 0 unspecified atom stereocenters. The summed E-state index contributed by atoms with van der Waals surface area (Å²) in [5.41, 5.74) is 1.08. The van der Waals surface area contributed by atoms with E-state index in [9.17, 15) is 10.1 Å². The fourth-order valence-corrected chi connectivity index (χ4v) is 1.62. The van der Waals surface area contributed by atoms with Gasteiger partial charge in [-0.1, -0.05) is 11.3 Å². The molecule has 0 radical (unpaired) electrons. The maximum Gasteiger partial charge on any atom is 0.297 e. The predicted octanol–water partition coefficient (Wildman–Crippen LogP) is 2.23. The van der Waals surface area contributed by atoms with Gasteiger partial charge in [-0.25, -0.2) is 0 Å². The second-order valence-corrected chi connectivity index (χ2v) is 4.00. The first-order chi connectivity index (χ1) is 8.66. The zero-order valence-corrected chi connectivity index (χ0v) is 10.1. The van der Waals surface area contributed by atoms with Gasteiger partial charge in [0.15, 0.2) is 5.69 Å². The first-order valence-electron chi connectivity index (χ1n) is 5.66. The maximum absolute atomic E-state index is 10.9. The van der Waals surface area contributed by atoms with E-state index in [4.69, 9.17) is 4.74 Å². The van der Waals surface area contributed by atoms with Crippen LogP contribution in [0.4, 0.5) is 11.4 Å². The van der Waals surface area contributed by atoms with Crippen LogP contribution in [-0.4, -0.2) is 36.2 Å². The number of rotatable bonds is 3. The molecule has 1 saturated heterocycles. The zero-order chi connectivity index (χ0) is 13.0.